The van der Waals surface area contributed by atoms with Gasteiger partial charge in [0.05, 0.1) is 6.61 Å². The van der Waals surface area contributed by atoms with Crippen molar-refractivity contribution in [1.82, 2.24) is 10.5 Å². The first-order chi connectivity index (χ1) is 9.81. The fourth-order valence-electron chi connectivity index (χ4n) is 2.16. The van der Waals surface area contributed by atoms with Gasteiger partial charge in [-0.2, -0.15) is 0 Å². The monoisotopic (exact) mass is 292 g/mol. The van der Waals surface area contributed by atoms with Gasteiger partial charge < -0.3 is 14.6 Å². The molecule has 1 atom stereocenters. The predicted octanol–water partition coefficient (Wildman–Crippen LogP) is 2.09. The fraction of sp³-hybridized carbons (Fsp3) is 0.429. The summed E-state index contributed by atoms with van der Waals surface area (Å²) in [5.74, 6) is 0.941. The maximum absolute atomic E-state index is 11.9. The van der Waals surface area contributed by atoms with Crippen molar-refractivity contribution in [2.45, 2.75) is 12.8 Å². The zero-order chi connectivity index (χ0) is 13.8. The van der Waals surface area contributed by atoms with E-state index in [0.29, 0.717) is 30.3 Å². The summed E-state index contributed by atoms with van der Waals surface area (Å²) < 4.78 is 10.5. The number of aromatic nitrogens is 1. The van der Waals surface area contributed by atoms with Gasteiger partial charge in [-0.05, 0) is 17.9 Å². The van der Waals surface area contributed by atoms with Crippen LogP contribution in [0, 0.1) is 5.92 Å². The van der Waals surface area contributed by atoms with Crippen LogP contribution in [0.2, 0.25) is 0 Å². The summed E-state index contributed by atoms with van der Waals surface area (Å²) in [6.45, 7) is 2.14. The Morgan fingerprint density at radius 1 is 1.55 bits per heavy atom. The third kappa shape index (κ3) is 3.26. The van der Waals surface area contributed by atoms with Gasteiger partial charge in [-0.3, -0.25) is 4.79 Å². The van der Waals surface area contributed by atoms with Crippen molar-refractivity contribution in [2.75, 3.05) is 19.8 Å². The number of ether oxygens (including phenoxy) is 1. The third-order valence-corrected chi connectivity index (χ3v) is 4.17. The SMILES string of the molecule is O=C(NCC1CCOC1)c1cc(Cc2cccs2)on1. The molecule has 1 fully saturated rings. The molecule has 0 bridgehead atoms. The zero-order valence-electron chi connectivity index (χ0n) is 11.0. The van der Waals surface area contributed by atoms with Gasteiger partial charge in [0, 0.05) is 36.4 Å². The molecule has 0 aliphatic carbocycles. The van der Waals surface area contributed by atoms with Crippen LogP contribution in [0.1, 0.15) is 27.5 Å². The number of hydrogen-bond acceptors (Lipinski definition) is 5. The molecule has 0 spiro atoms. The summed E-state index contributed by atoms with van der Waals surface area (Å²) in [7, 11) is 0. The molecule has 2 aromatic heterocycles. The lowest BCUT2D eigenvalue weighted by Gasteiger charge is -2.07. The number of thiophene rings is 1. The van der Waals surface area contributed by atoms with Gasteiger partial charge in [0.1, 0.15) is 5.76 Å². The number of amides is 1. The van der Waals surface area contributed by atoms with Crippen molar-refractivity contribution in [3.63, 3.8) is 0 Å². The third-order valence-electron chi connectivity index (χ3n) is 3.30. The molecule has 2 aromatic rings. The minimum absolute atomic E-state index is 0.182. The van der Waals surface area contributed by atoms with Gasteiger partial charge in [0.15, 0.2) is 5.69 Å². The molecule has 5 nitrogen and oxygen atoms in total. The summed E-state index contributed by atoms with van der Waals surface area (Å²) in [6, 6.07) is 5.74. The van der Waals surface area contributed by atoms with Crippen LogP contribution in [0.3, 0.4) is 0 Å². The van der Waals surface area contributed by atoms with Crippen molar-refractivity contribution in [2.24, 2.45) is 5.92 Å². The van der Waals surface area contributed by atoms with Crippen LogP contribution < -0.4 is 5.32 Å². The van der Waals surface area contributed by atoms with E-state index in [-0.39, 0.29) is 5.91 Å². The molecule has 1 aliphatic rings. The van der Waals surface area contributed by atoms with E-state index >= 15 is 0 Å². The molecular formula is C14H16N2O3S. The highest BCUT2D eigenvalue weighted by Gasteiger charge is 2.18. The number of nitrogens with zero attached hydrogens (tertiary/aromatic N) is 1. The highest BCUT2D eigenvalue weighted by atomic mass is 32.1. The van der Waals surface area contributed by atoms with Crippen LogP contribution in [0.25, 0.3) is 0 Å². The lowest BCUT2D eigenvalue weighted by molar-refractivity contribution is 0.0936. The van der Waals surface area contributed by atoms with Crippen LogP contribution >= 0.6 is 11.3 Å². The number of carbonyl (C=O) groups excluding carboxylic acids is 1. The molecule has 1 amide bonds. The topological polar surface area (TPSA) is 64.4 Å². The lowest BCUT2D eigenvalue weighted by atomic mass is 10.1. The van der Waals surface area contributed by atoms with E-state index < -0.39 is 0 Å². The molecule has 106 valence electrons. The molecule has 3 rings (SSSR count). The van der Waals surface area contributed by atoms with E-state index in [0.717, 1.165) is 19.6 Å². The number of nitrogens with one attached hydrogen (secondary N) is 1. The van der Waals surface area contributed by atoms with Gasteiger partial charge in [0.25, 0.3) is 5.91 Å². The van der Waals surface area contributed by atoms with Crippen molar-refractivity contribution >= 4 is 17.2 Å². The Morgan fingerprint density at radius 2 is 2.50 bits per heavy atom. The van der Waals surface area contributed by atoms with Gasteiger partial charge in [0.2, 0.25) is 0 Å². The second kappa shape index (κ2) is 6.19. The van der Waals surface area contributed by atoms with Gasteiger partial charge in [-0.15, -0.1) is 11.3 Å². The highest BCUT2D eigenvalue weighted by Crippen LogP contribution is 2.16. The van der Waals surface area contributed by atoms with E-state index in [1.807, 2.05) is 17.5 Å². The Kier molecular flexibility index (Phi) is 4.13. The summed E-state index contributed by atoms with van der Waals surface area (Å²) in [6.07, 6.45) is 1.68. The van der Waals surface area contributed by atoms with Crippen LogP contribution in [-0.4, -0.2) is 30.8 Å². The van der Waals surface area contributed by atoms with Crippen molar-refractivity contribution in [1.29, 1.82) is 0 Å². The maximum atomic E-state index is 11.9. The van der Waals surface area contributed by atoms with E-state index in [1.165, 1.54) is 4.88 Å². The summed E-state index contributed by atoms with van der Waals surface area (Å²) >= 11 is 1.66. The largest absolute Gasteiger partial charge is 0.381 e. The average molecular weight is 292 g/mol. The fourth-order valence-corrected chi connectivity index (χ4v) is 2.87. The Morgan fingerprint density at radius 3 is 3.25 bits per heavy atom. The quantitative estimate of drug-likeness (QED) is 0.916. The Balaban J connectivity index is 1.54. The molecule has 1 aliphatic heterocycles. The average Bonchev–Trinajstić information content (AvgIpc) is 3.19. The Labute approximate surface area is 120 Å². The summed E-state index contributed by atoms with van der Waals surface area (Å²) in [4.78, 5) is 13.1. The summed E-state index contributed by atoms with van der Waals surface area (Å²) in [5, 5.41) is 8.72. The molecule has 20 heavy (non-hydrogen) atoms. The van der Waals surface area contributed by atoms with Crippen LogP contribution in [0.5, 0.6) is 0 Å². The molecule has 0 radical (unpaired) electrons. The highest BCUT2D eigenvalue weighted by molar-refractivity contribution is 7.09. The molecule has 1 saturated heterocycles. The first-order valence-electron chi connectivity index (χ1n) is 6.65. The molecule has 6 heteroatoms. The summed E-state index contributed by atoms with van der Waals surface area (Å²) in [5.41, 5.74) is 0.343. The van der Waals surface area contributed by atoms with Crippen molar-refractivity contribution < 1.29 is 14.1 Å². The van der Waals surface area contributed by atoms with Crippen LogP contribution in [0.15, 0.2) is 28.1 Å². The van der Waals surface area contributed by atoms with Crippen molar-refractivity contribution in [3.8, 4) is 0 Å². The van der Waals surface area contributed by atoms with Crippen molar-refractivity contribution in [3.05, 3.63) is 39.9 Å². The van der Waals surface area contributed by atoms with Crippen LogP contribution in [-0.2, 0) is 11.2 Å². The smallest absolute Gasteiger partial charge is 0.273 e. The molecular weight excluding hydrogens is 276 g/mol. The number of rotatable bonds is 5. The van der Waals surface area contributed by atoms with Gasteiger partial charge in [-0.25, -0.2) is 0 Å². The Bertz CT molecular complexity index is 559. The molecule has 3 heterocycles. The van der Waals surface area contributed by atoms with Crippen LogP contribution in [0.4, 0.5) is 0 Å². The normalized spacial score (nSPS) is 18.3. The minimum atomic E-state index is -0.182. The van der Waals surface area contributed by atoms with E-state index in [9.17, 15) is 4.79 Å². The zero-order valence-corrected chi connectivity index (χ0v) is 11.8. The lowest BCUT2D eigenvalue weighted by Crippen LogP contribution is -2.29. The number of carbonyl (C=O) groups is 1. The first kappa shape index (κ1) is 13.3. The molecule has 1 N–H and O–H groups in total. The second-order valence-electron chi connectivity index (χ2n) is 4.87. The second-order valence-corrected chi connectivity index (χ2v) is 5.91. The van der Waals surface area contributed by atoms with E-state index in [2.05, 4.69) is 10.5 Å². The maximum Gasteiger partial charge on any atom is 0.273 e. The van der Waals surface area contributed by atoms with E-state index in [1.54, 1.807) is 17.4 Å². The predicted molar refractivity (Wildman–Crippen MR) is 74.9 cm³/mol. The molecule has 0 saturated carbocycles. The van der Waals surface area contributed by atoms with E-state index in [4.69, 9.17) is 9.26 Å². The van der Waals surface area contributed by atoms with Gasteiger partial charge in [-0.1, -0.05) is 11.2 Å². The Hall–Kier alpha value is -1.66. The minimum Gasteiger partial charge on any atom is -0.381 e. The standard InChI is InChI=1S/C14H16N2O3S/c17-14(15-8-10-3-4-18-9-10)13-7-11(19-16-13)6-12-2-1-5-20-12/h1-2,5,7,10H,3-4,6,8-9H2,(H,15,17). The van der Waals surface area contributed by atoms with Gasteiger partial charge >= 0.3 is 0 Å². The molecule has 1 unspecified atom stereocenters. The molecule has 0 aromatic carbocycles. The first-order valence-corrected chi connectivity index (χ1v) is 7.53. The number of hydrogen-bond donors (Lipinski definition) is 1.